The van der Waals surface area contributed by atoms with Gasteiger partial charge >= 0.3 is 19.3 Å². The Bertz CT molecular complexity index is 388. The molecule has 0 aliphatic carbocycles. The first-order chi connectivity index (χ1) is 7.63. The molecule has 3 heteroatoms. The van der Waals surface area contributed by atoms with Crippen molar-refractivity contribution in [3.8, 4) is 5.75 Å². The molecule has 1 nitrogen and oxygen atoms in total. The summed E-state index contributed by atoms with van der Waals surface area (Å²) >= 11 is -0.739. The zero-order valence-corrected chi connectivity index (χ0v) is 13.9. The summed E-state index contributed by atoms with van der Waals surface area (Å²) in [5, 5.41) is 0. The first-order valence-electron chi connectivity index (χ1n) is 6.02. The van der Waals surface area contributed by atoms with Crippen LogP contribution in [0.4, 0.5) is 0 Å². The van der Waals surface area contributed by atoms with Gasteiger partial charge in [0.1, 0.15) is 5.60 Å². The number of benzene rings is 1. The van der Waals surface area contributed by atoms with E-state index in [2.05, 4.69) is 59.7 Å². The molecule has 0 amide bonds. The van der Waals surface area contributed by atoms with Crippen molar-refractivity contribution in [1.29, 1.82) is 0 Å². The SMILES string of the molecule is CC(C)(C)Oc1ccc(C(C)(C)C)c[c]1[Mg][Cl]. The highest BCUT2D eigenvalue weighted by Crippen LogP contribution is 2.24. The Morgan fingerprint density at radius 2 is 1.65 bits per heavy atom. The van der Waals surface area contributed by atoms with Crippen molar-refractivity contribution in [3.63, 3.8) is 0 Å². The molecule has 0 bridgehead atoms. The lowest BCUT2D eigenvalue weighted by molar-refractivity contribution is 0.132. The minimum atomic E-state index is -0.739. The standard InChI is InChI=1S/C14H21O.ClH.Mg/c1-13(2,3)11-7-9-12(10-8-11)15-14(4,5)6;;/h7-9H,1-6H3;1H;/q;;+1/p-1. The average molecular weight is 265 g/mol. The van der Waals surface area contributed by atoms with E-state index in [1.165, 1.54) is 9.26 Å². The van der Waals surface area contributed by atoms with Crippen molar-refractivity contribution in [2.75, 3.05) is 0 Å². The van der Waals surface area contributed by atoms with Crippen molar-refractivity contribution in [2.45, 2.75) is 52.6 Å². The van der Waals surface area contributed by atoms with Crippen LogP contribution in [0.15, 0.2) is 18.2 Å². The third kappa shape index (κ3) is 4.68. The first-order valence-corrected chi connectivity index (χ1v) is 8.86. The highest BCUT2D eigenvalue weighted by Gasteiger charge is 2.19. The molecule has 0 N–H and O–H groups in total. The van der Waals surface area contributed by atoms with Gasteiger partial charge in [-0.05, 0) is 37.8 Å². The Morgan fingerprint density at radius 1 is 1.06 bits per heavy atom. The van der Waals surface area contributed by atoms with Crippen LogP contribution in [0.1, 0.15) is 47.1 Å². The Hall–Kier alpha value is 0.0762. The van der Waals surface area contributed by atoms with Gasteiger partial charge in [0.2, 0.25) is 0 Å². The van der Waals surface area contributed by atoms with Crippen molar-refractivity contribution in [2.24, 2.45) is 0 Å². The summed E-state index contributed by atoms with van der Waals surface area (Å²) in [6.45, 7) is 12.8. The molecule has 0 fully saturated rings. The minimum Gasteiger partial charge on any atom is -0.490 e. The van der Waals surface area contributed by atoms with E-state index >= 15 is 0 Å². The molecule has 92 valence electrons. The lowest BCUT2D eigenvalue weighted by Crippen LogP contribution is -2.28. The van der Waals surface area contributed by atoms with Crippen molar-refractivity contribution in [3.05, 3.63) is 23.8 Å². The van der Waals surface area contributed by atoms with Crippen LogP contribution in [0.2, 0.25) is 0 Å². The Balaban J connectivity index is 3.10. The fourth-order valence-corrected chi connectivity index (χ4v) is 2.83. The van der Waals surface area contributed by atoms with E-state index in [9.17, 15) is 0 Å². The first kappa shape index (κ1) is 15.1. The summed E-state index contributed by atoms with van der Waals surface area (Å²) in [7, 11) is 6.14. The van der Waals surface area contributed by atoms with Gasteiger partial charge in [0.15, 0.2) is 0 Å². The lowest BCUT2D eigenvalue weighted by Gasteiger charge is -2.26. The smallest absolute Gasteiger partial charge is 0.490 e. The van der Waals surface area contributed by atoms with Gasteiger partial charge in [-0.3, -0.25) is 0 Å². The second kappa shape index (κ2) is 5.37. The Morgan fingerprint density at radius 3 is 2.06 bits per heavy atom. The van der Waals surface area contributed by atoms with Gasteiger partial charge in [-0.15, -0.1) is 3.69 Å². The fraction of sp³-hybridized carbons (Fsp3) is 0.571. The molecule has 17 heavy (non-hydrogen) atoms. The maximum atomic E-state index is 6.14. The van der Waals surface area contributed by atoms with Crippen LogP contribution in [0.5, 0.6) is 5.75 Å². The number of hydrogen-bond acceptors (Lipinski definition) is 1. The van der Waals surface area contributed by atoms with E-state index in [4.69, 9.17) is 13.8 Å². The van der Waals surface area contributed by atoms with Gasteiger partial charge in [0.05, 0.1) is 5.75 Å². The van der Waals surface area contributed by atoms with Crippen LogP contribution in [0.25, 0.3) is 0 Å². The summed E-state index contributed by atoms with van der Waals surface area (Å²) in [5.74, 6) is 0.951. The zero-order chi connectivity index (χ0) is 13.3. The number of halogens is 1. The zero-order valence-electron chi connectivity index (χ0n) is 11.7. The predicted molar refractivity (Wildman–Crippen MR) is 76.8 cm³/mol. The lowest BCUT2D eigenvalue weighted by atomic mass is 9.87. The quantitative estimate of drug-likeness (QED) is 0.742. The van der Waals surface area contributed by atoms with Crippen molar-refractivity contribution in [1.82, 2.24) is 0 Å². The molecule has 0 radical (unpaired) electrons. The van der Waals surface area contributed by atoms with Gasteiger partial charge in [0, 0.05) is 0 Å². The maximum absolute atomic E-state index is 6.14. The molecular formula is C14H21ClMgO. The summed E-state index contributed by atoms with van der Waals surface area (Å²) in [5.41, 5.74) is 1.32. The normalized spacial score (nSPS) is 12.2. The van der Waals surface area contributed by atoms with Gasteiger partial charge in [-0.25, -0.2) is 0 Å². The fourth-order valence-electron chi connectivity index (χ4n) is 1.58. The summed E-state index contributed by atoms with van der Waals surface area (Å²) < 4.78 is 7.14. The molecule has 0 spiro atoms. The van der Waals surface area contributed by atoms with Crippen molar-refractivity contribution >= 4 is 32.0 Å². The van der Waals surface area contributed by atoms with E-state index in [-0.39, 0.29) is 11.0 Å². The molecule has 0 saturated heterocycles. The monoisotopic (exact) mass is 264 g/mol. The molecule has 1 aromatic carbocycles. The molecule has 0 heterocycles. The molecule has 1 rings (SSSR count). The topological polar surface area (TPSA) is 9.23 Å². The van der Waals surface area contributed by atoms with Gasteiger partial charge in [-0.2, -0.15) is 0 Å². The van der Waals surface area contributed by atoms with Gasteiger partial charge in [0.25, 0.3) is 0 Å². The highest BCUT2D eigenvalue weighted by molar-refractivity contribution is 7.01. The van der Waals surface area contributed by atoms with Crippen LogP contribution in [0.3, 0.4) is 0 Å². The molecular weight excluding hydrogens is 244 g/mol. The van der Waals surface area contributed by atoms with Crippen LogP contribution < -0.4 is 8.43 Å². The molecule has 0 saturated carbocycles. The third-order valence-corrected chi connectivity index (χ3v) is 4.19. The van der Waals surface area contributed by atoms with Crippen LogP contribution in [0, 0.1) is 0 Å². The van der Waals surface area contributed by atoms with E-state index < -0.39 is 19.3 Å². The molecule has 0 atom stereocenters. The van der Waals surface area contributed by atoms with E-state index in [1.807, 2.05) is 0 Å². The predicted octanol–water partition coefficient (Wildman–Crippen LogP) is 3.64. The molecule has 0 aliphatic rings. The second-order valence-corrected chi connectivity index (χ2v) is 8.25. The average Bonchev–Trinajstić information content (AvgIpc) is 2.14. The van der Waals surface area contributed by atoms with Crippen LogP contribution in [-0.4, -0.2) is 24.9 Å². The van der Waals surface area contributed by atoms with E-state index in [0.29, 0.717) is 0 Å². The highest BCUT2D eigenvalue weighted by atomic mass is 35.5. The second-order valence-electron chi connectivity index (χ2n) is 6.42. The number of rotatable bonds is 2. The van der Waals surface area contributed by atoms with Gasteiger partial charge < -0.3 is 13.8 Å². The van der Waals surface area contributed by atoms with Crippen molar-refractivity contribution < 1.29 is 4.74 Å². The summed E-state index contributed by atoms with van der Waals surface area (Å²) in [4.78, 5) is 0. The molecule has 0 aliphatic heterocycles. The molecule has 0 unspecified atom stereocenters. The summed E-state index contributed by atoms with van der Waals surface area (Å²) in [6, 6.07) is 6.42. The maximum Gasteiger partial charge on any atom is 0.543 e. The summed E-state index contributed by atoms with van der Waals surface area (Å²) in [6.07, 6.45) is 0. The van der Waals surface area contributed by atoms with Crippen LogP contribution >= 0.6 is 9.07 Å². The van der Waals surface area contributed by atoms with Crippen LogP contribution in [-0.2, 0) is 5.41 Å². The number of hydrogen-bond donors (Lipinski definition) is 0. The minimum absolute atomic E-state index is 0.162. The Labute approximate surface area is 118 Å². The molecule has 0 aromatic heterocycles. The van der Waals surface area contributed by atoms with E-state index in [1.54, 1.807) is 0 Å². The third-order valence-electron chi connectivity index (χ3n) is 2.49. The largest absolute Gasteiger partial charge is 0.543 e. The molecule has 1 aromatic rings. The van der Waals surface area contributed by atoms with E-state index in [0.717, 1.165) is 5.75 Å². The Kier molecular flexibility index (Phi) is 4.78. The number of ether oxygens (including phenoxy) is 1. The van der Waals surface area contributed by atoms with Gasteiger partial charge in [-0.1, -0.05) is 32.9 Å².